The molecule has 1 aliphatic carbocycles. The molecule has 12 heteroatoms. The van der Waals surface area contributed by atoms with Crippen LogP contribution < -0.4 is 19.5 Å². The maximum absolute atomic E-state index is 14.2. The lowest BCUT2D eigenvalue weighted by molar-refractivity contribution is -0.127. The van der Waals surface area contributed by atoms with Crippen LogP contribution in [0, 0.1) is 33.1 Å². The molecule has 3 aromatic carbocycles. The average Bonchev–Trinajstić information content (AvgIpc) is 3.58. The van der Waals surface area contributed by atoms with E-state index in [1.807, 2.05) is 79.9 Å². The fourth-order valence-electron chi connectivity index (χ4n) is 8.59. The molecule has 1 fully saturated rings. The molecule has 60 heavy (non-hydrogen) atoms. The Morgan fingerprint density at radius 2 is 1.68 bits per heavy atom. The molecule has 316 valence electrons. The molecule has 5 aromatic rings. The van der Waals surface area contributed by atoms with Crippen LogP contribution in [0.25, 0.3) is 11.1 Å². The Morgan fingerprint density at radius 3 is 2.37 bits per heavy atom. The highest BCUT2D eigenvalue weighted by Crippen LogP contribution is 2.42. The third-order valence-corrected chi connectivity index (χ3v) is 12.3. The minimum absolute atomic E-state index is 0. The third-order valence-electron chi connectivity index (χ3n) is 12.3. The van der Waals surface area contributed by atoms with E-state index < -0.39 is 18.0 Å². The predicted octanol–water partition coefficient (Wildman–Crippen LogP) is 7.29. The lowest BCUT2D eigenvalue weighted by atomic mass is 9.76. The number of benzene rings is 3. The standard InChI is InChI=1S/C48H54N4O7.H2O/c1-28-29(2)49-20-17-40(28)33-9-7-32(8-10-33)21-37(26-53)51-46(54)41-22-35-23-42-43(24-36(35)25-52(41)47(55)45-30(3)57-31(4)50-45)59-44(27-56-42)34-11-13-38(14-12-34)58-39-15-18-48(5,6)19-16-39;/h7-14,17,20,23-24,37,39,41,44,53H,15-16,18-19,21-22,25-27H2,1-6H3,(H,51,54);1H2/t37-,41-,44+;/m0./s1. The van der Waals surface area contributed by atoms with E-state index in [2.05, 4.69) is 36.1 Å². The normalized spacial score (nSPS) is 18.8. The fourth-order valence-corrected chi connectivity index (χ4v) is 8.59. The van der Waals surface area contributed by atoms with Crippen LogP contribution in [-0.4, -0.2) is 68.7 Å². The van der Waals surface area contributed by atoms with Gasteiger partial charge in [0.2, 0.25) is 5.91 Å². The summed E-state index contributed by atoms with van der Waals surface area (Å²) in [5.74, 6) is 2.01. The lowest BCUT2D eigenvalue weighted by Gasteiger charge is -2.37. The Balaban J connectivity index is 0.00000544. The van der Waals surface area contributed by atoms with E-state index >= 15 is 0 Å². The number of carbonyl (C=O) groups is 2. The summed E-state index contributed by atoms with van der Waals surface area (Å²) in [4.78, 5) is 38.7. The van der Waals surface area contributed by atoms with E-state index in [4.69, 9.17) is 18.6 Å². The first-order valence-electron chi connectivity index (χ1n) is 20.7. The number of oxazole rings is 1. The van der Waals surface area contributed by atoms with Gasteiger partial charge in [-0.05, 0) is 128 Å². The second kappa shape index (κ2) is 17.5. The first kappa shape index (κ1) is 42.4. The van der Waals surface area contributed by atoms with E-state index in [1.54, 1.807) is 18.7 Å². The Labute approximate surface area is 351 Å². The van der Waals surface area contributed by atoms with Gasteiger partial charge in [-0.2, -0.15) is 0 Å². The maximum Gasteiger partial charge on any atom is 0.277 e. The van der Waals surface area contributed by atoms with Gasteiger partial charge in [0.1, 0.15) is 24.2 Å². The number of nitrogens with one attached hydrogen (secondary N) is 1. The molecule has 0 saturated heterocycles. The number of hydrogen-bond donors (Lipinski definition) is 2. The minimum atomic E-state index is -0.878. The molecule has 12 nitrogen and oxygen atoms in total. The number of hydrogen-bond acceptors (Lipinski definition) is 9. The highest BCUT2D eigenvalue weighted by Gasteiger charge is 2.39. The first-order valence-corrected chi connectivity index (χ1v) is 20.7. The molecular weight excluding hydrogens is 761 g/mol. The van der Waals surface area contributed by atoms with Crippen LogP contribution in [0.2, 0.25) is 0 Å². The van der Waals surface area contributed by atoms with Crippen molar-refractivity contribution in [3.63, 3.8) is 0 Å². The maximum atomic E-state index is 14.2. The van der Waals surface area contributed by atoms with Gasteiger partial charge >= 0.3 is 0 Å². The zero-order chi connectivity index (χ0) is 41.4. The minimum Gasteiger partial charge on any atom is -0.490 e. The number of carbonyl (C=O) groups excluding carboxylic acids is 2. The van der Waals surface area contributed by atoms with Crippen LogP contribution in [0.1, 0.15) is 101 Å². The summed E-state index contributed by atoms with van der Waals surface area (Å²) >= 11 is 0. The number of nitrogens with zero attached hydrogens (tertiary/aromatic N) is 3. The van der Waals surface area contributed by atoms with Crippen LogP contribution in [0.3, 0.4) is 0 Å². The van der Waals surface area contributed by atoms with Gasteiger partial charge in [0.25, 0.3) is 5.91 Å². The SMILES string of the molecule is Cc1nc(C(=O)N2Cc3cc4c(cc3C[C@H]2C(=O)N[C@H](CO)Cc2ccc(-c3ccnc(C)c3C)cc2)OC[C@H](c2ccc(OC3CCC(C)(C)CC3)cc2)O4)c(C)o1.O. The van der Waals surface area contributed by atoms with Gasteiger partial charge < -0.3 is 39.4 Å². The van der Waals surface area contributed by atoms with Gasteiger partial charge in [0.15, 0.2) is 29.2 Å². The summed E-state index contributed by atoms with van der Waals surface area (Å²) in [5.41, 5.74) is 8.51. The molecule has 3 atom stereocenters. The van der Waals surface area contributed by atoms with Crippen molar-refractivity contribution in [2.45, 2.75) is 111 Å². The Kier molecular flexibility index (Phi) is 12.4. The van der Waals surface area contributed by atoms with E-state index in [1.165, 1.54) is 12.8 Å². The number of ether oxygens (including phenoxy) is 3. The third kappa shape index (κ3) is 9.05. The van der Waals surface area contributed by atoms with Crippen molar-refractivity contribution in [2.75, 3.05) is 13.2 Å². The van der Waals surface area contributed by atoms with Crippen LogP contribution in [0.4, 0.5) is 0 Å². The van der Waals surface area contributed by atoms with Gasteiger partial charge in [0.05, 0.1) is 18.8 Å². The second-order valence-corrected chi connectivity index (χ2v) is 17.2. The predicted molar refractivity (Wildman–Crippen MR) is 227 cm³/mol. The number of aliphatic hydroxyl groups excluding tert-OH is 1. The van der Waals surface area contributed by atoms with Crippen molar-refractivity contribution >= 4 is 11.8 Å². The molecule has 0 unspecified atom stereocenters. The quantitative estimate of drug-likeness (QED) is 0.147. The molecule has 3 aliphatic rings. The molecule has 1 saturated carbocycles. The molecule has 4 N–H and O–H groups in total. The van der Waals surface area contributed by atoms with Crippen molar-refractivity contribution in [1.29, 1.82) is 0 Å². The molecule has 0 radical (unpaired) electrons. The van der Waals surface area contributed by atoms with Gasteiger partial charge in [-0.3, -0.25) is 14.6 Å². The Hall–Kier alpha value is -5.72. The molecule has 4 heterocycles. The monoisotopic (exact) mass is 816 g/mol. The van der Waals surface area contributed by atoms with Crippen molar-refractivity contribution in [2.24, 2.45) is 5.41 Å². The van der Waals surface area contributed by atoms with Crippen molar-refractivity contribution in [3.05, 3.63) is 124 Å². The Bertz CT molecular complexity index is 2330. The molecule has 2 amide bonds. The zero-order valence-corrected chi connectivity index (χ0v) is 35.3. The van der Waals surface area contributed by atoms with Gasteiger partial charge in [-0.1, -0.05) is 50.2 Å². The number of amides is 2. The van der Waals surface area contributed by atoms with Crippen LogP contribution in [-0.2, 0) is 24.2 Å². The topological polar surface area (TPSA) is 168 Å². The molecule has 2 aromatic heterocycles. The van der Waals surface area contributed by atoms with Crippen molar-refractivity contribution < 1.29 is 38.8 Å². The van der Waals surface area contributed by atoms with E-state index in [9.17, 15) is 14.7 Å². The molecular formula is C48H56N4O8. The summed E-state index contributed by atoms with van der Waals surface area (Å²) in [7, 11) is 0. The molecule has 0 spiro atoms. The van der Waals surface area contributed by atoms with E-state index in [0.29, 0.717) is 41.6 Å². The summed E-state index contributed by atoms with van der Waals surface area (Å²) in [6.45, 7) is 12.3. The van der Waals surface area contributed by atoms with Gasteiger partial charge in [-0.25, -0.2) is 4.98 Å². The summed E-state index contributed by atoms with van der Waals surface area (Å²) in [6, 6.07) is 20.6. The van der Waals surface area contributed by atoms with E-state index in [0.717, 1.165) is 63.2 Å². The molecule has 8 rings (SSSR count). The fraction of sp³-hybridized carbons (Fsp3) is 0.417. The summed E-state index contributed by atoms with van der Waals surface area (Å²) in [6.07, 6.45) is 6.82. The van der Waals surface area contributed by atoms with Crippen molar-refractivity contribution in [3.8, 4) is 28.4 Å². The molecule has 0 bridgehead atoms. The first-order chi connectivity index (χ1) is 28.3. The van der Waals surface area contributed by atoms with Gasteiger partial charge in [0, 0.05) is 31.8 Å². The number of pyridine rings is 1. The number of rotatable bonds is 10. The number of fused-ring (bicyclic) bond motifs is 2. The molecule has 2 aliphatic heterocycles. The van der Waals surface area contributed by atoms with E-state index in [-0.39, 0.29) is 48.9 Å². The lowest BCUT2D eigenvalue weighted by Crippen LogP contribution is -2.55. The van der Waals surface area contributed by atoms with Crippen LogP contribution >= 0.6 is 0 Å². The second-order valence-electron chi connectivity index (χ2n) is 17.2. The smallest absolute Gasteiger partial charge is 0.277 e. The number of aromatic nitrogens is 2. The summed E-state index contributed by atoms with van der Waals surface area (Å²) < 4.78 is 24.8. The van der Waals surface area contributed by atoms with Gasteiger partial charge in [-0.15, -0.1) is 0 Å². The largest absolute Gasteiger partial charge is 0.490 e. The Morgan fingerprint density at radius 1 is 0.967 bits per heavy atom. The average molecular weight is 817 g/mol. The van der Waals surface area contributed by atoms with Crippen molar-refractivity contribution in [1.82, 2.24) is 20.2 Å². The highest BCUT2D eigenvalue weighted by atomic mass is 16.6. The van der Waals surface area contributed by atoms with Crippen LogP contribution in [0.5, 0.6) is 17.2 Å². The number of aliphatic hydroxyl groups is 1. The van der Waals surface area contributed by atoms with Crippen LogP contribution in [0.15, 0.2) is 77.3 Å². The number of aryl methyl sites for hydroxylation is 3. The highest BCUT2D eigenvalue weighted by molar-refractivity contribution is 5.97. The zero-order valence-electron chi connectivity index (χ0n) is 35.3. The summed E-state index contributed by atoms with van der Waals surface area (Å²) in [5, 5.41) is 13.5.